The molecule has 1 fully saturated rings. The molecule has 2 heterocycles. The summed E-state index contributed by atoms with van der Waals surface area (Å²) in [7, 11) is 0. The molecule has 2 aromatic rings. The fraction of sp³-hybridized carbons (Fsp3) is 0.312. The zero-order valence-corrected chi connectivity index (χ0v) is 13.8. The van der Waals surface area contributed by atoms with Crippen molar-refractivity contribution in [1.82, 2.24) is 25.2 Å². The molecule has 0 aliphatic carbocycles. The average molecular weight is 343 g/mol. The van der Waals surface area contributed by atoms with Crippen molar-refractivity contribution in [2.75, 3.05) is 13.1 Å². The van der Waals surface area contributed by atoms with Gasteiger partial charge < -0.3 is 10.1 Å². The maximum atomic E-state index is 12.3. The molecule has 1 atom stereocenters. The SMILES string of the molecule is Cc1nn(-c2ccccc2)nc1C(=O)OC(C)C(=O)N1CCNC1=O. The van der Waals surface area contributed by atoms with Crippen LogP contribution in [-0.4, -0.2) is 57.0 Å². The number of nitrogens with zero attached hydrogens (tertiary/aromatic N) is 4. The molecule has 1 aromatic carbocycles. The molecule has 0 radical (unpaired) electrons. The molecule has 1 aliphatic heterocycles. The maximum absolute atomic E-state index is 12.3. The summed E-state index contributed by atoms with van der Waals surface area (Å²) < 4.78 is 5.16. The minimum absolute atomic E-state index is 0.0226. The fourth-order valence-electron chi connectivity index (χ4n) is 2.41. The van der Waals surface area contributed by atoms with E-state index in [1.165, 1.54) is 11.7 Å². The van der Waals surface area contributed by atoms with E-state index in [0.717, 1.165) is 4.90 Å². The van der Waals surface area contributed by atoms with E-state index in [9.17, 15) is 14.4 Å². The number of para-hydroxylation sites is 1. The van der Waals surface area contributed by atoms with Crippen LogP contribution in [0, 0.1) is 6.92 Å². The van der Waals surface area contributed by atoms with Crippen LogP contribution in [0.2, 0.25) is 0 Å². The van der Waals surface area contributed by atoms with Crippen molar-refractivity contribution in [2.45, 2.75) is 20.0 Å². The summed E-state index contributed by atoms with van der Waals surface area (Å²) in [6.45, 7) is 3.69. The molecule has 130 valence electrons. The van der Waals surface area contributed by atoms with Crippen LogP contribution in [0.3, 0.4) is 0 Å². The van der Waals surface area contributed by atoms with E-state index in [-0.39, 0.29) is 12.2 Å². The predicted molar refractivity (Wildman–Crippen MR) is 86.1 cm³/mol. The van der Waals surface area contributed by atoms with Crippen LogP contribution in [0.25, 0.3) is 5.69 Å². The van der Waals surface area contributed by atoms with Gasteiger partial charge in [0.1, 0.15) is 0 Å². The van der Waals surface area contributed by atoms with Gasteiger partial charge in [-0.2, -0.15) is 9.90 Å². The Balaban J connectivity index is 1.72. The van der Waals surface area contributed by atoms with Crippen LogP contribution in [-0.2, 0) is 9.53 Å². The number of hydrogen-bond acceptors (Lipinski definition) is 6. The Bertz CT molecular complexity index is 817. The maximum Gasteiger partial charge on any atom is 0.361 e. The number of carbonyl (C=O) groups is 3. The number of urea groups is 1. The van der Waals surface area contributed by atoms with E-state index in [4.69, 9.17) is 4.74 Å². The Morgan fingerprint density at radius 1 is 1.24 bits per heavy atom. The molecule has 3 rings (SSSR count). The zero-order chi connectivity index (χ0) is 18.0. The van der Waals surface area contributed by atoms with E-state index >= 15 is 0 Å². The lowest BCUT2D eigenvalue weighted by molar-refractivity contribution is -0.136. The second kappa shape index (κ2) is 6.71. The van der Waals surface area contributed by atoms with Crippen molar-refractivity contribution in [3.8, 4) is 5.69 Å². The summed E-state index contributed by atoms with van der Waals surface area (Å²) in [5, 5.41) is 10.8. The van der Waals surface area contributed by atoms with E-state index < -0.39 is 24.0 Å². The fourth-order valence-corrected chi connectivity index (χ4v) is 2.41. The van der Waals surface area contributed by atoms with Crippen molar-refractivity contribution in [2.24, 2.45) is 0 Å². The molecule has 9 heteroatoms. The van der Waals surface area contributed by atoms with Crippen molar-refractivity contribution in [1.29, 1.82) is 0 Å². The Morgan fingerprint density at radius 2 is 1.96 bits per heavy atom. The lowest BCUT2D eigenvalue weighted by Gasteiger charge is -2.17. The van der Waals surface area contributed by atoms with Crippen LogP contribution < -0.4 is 5.32 Å². The summed E-state index contributed by atoms with van der Waals surface area (Å²) in [5.74, 6) is -1.34. The van der Waals surface area contributed by atoms with Crippen LogP contribution in [0.1, 0.15) is 23.1 Å². The van der Waals surface area contributed by atoms with Gasteiger partial charge in [-0.3, -0.25) is 9.69 Å². The van der Waals surface area contributed by atoms with Gasteiger partial charge in [-0.15, -0.1) is 5.10 Å². The minimum atomic E-state index is -1.10. The van der Waals surface area contributed by atoms with Gasteiger partial charge >= 0.3 is 12.0 Å². The predicted octanol–water partition coefficient (Wildman–Crippen LogP) is 0.673. The highest BCUT2D eigenvalue weighted by Crippen LogP contribution is 2.11. The van der Waals surface area contributed by atoms with Gasteiger partial charge in [0, 0.05) is 13.1 Å². The van der Waals surface area contributed by atoms with Gasteiger partial charge in [-0.05, 0) is 26.0 Å². The number of ether oxygens (including phenoxy) is 1. The topological polar surface area (TPSA) is 106 Å². The number of benzene rings is 1. The molecule has 1 aromatic heterocycles. The van der Waals surface area contributed by atoms with E-state index in [1.54, 1.807) is 19.1 Å². The third-order valence-electron chi connectivity index (χ3n) is 3.72. The van der Waals surface area contributed by atoms with Gasteiger partial charge in [0.2, 0.25) is 0 Å². The van der Waals surface area contributed by atoms with E-state index in [2.05, 4.69) is 15.5 Å². The molecule has 1 unspecified atom stereocenters. The molecular weight excluding hydrogens is 326 g/mol. The third kappa shape index (κ3) is 3.35. The van der Waals surface area contributed by atoms with Crippen LogP contribution in [0.4, 0.5) is 4.79 Å². The molecule has 1 aliphatic rings. The van der Waals surface area contributed by atoms with E-state index in [1.807, 2.05) is 18.2 Å². The van der Waals surface area contributed by atoms with Crippen molar-refractivity contribution < 1.29 is 19.1 Å². The van der Waals surface area contributed by atoms with Crippen molar-refractivity contribution >= 4 is 17.9 Å². The highest BCUT2D eigenvalue weighted by Gasteiger charge is 2.32. The molecule has 1 N–H and O–H groups in total. The molecular formula is C16H17N5O4. The normalized spacial score (nSPS) is 15.0. The molecule has 1 saturated heterocycles. The second-order valence-electron chi connectivity index (χ2n) is 5.53. The Morgan fingerprint density at radius 3 is 2.60 bits per heavy atom. The molecule has 3 amide bonds. The number of amides is 3. The lowest BCUT2D eigenvalue weighted by atomic mass is 10.3. The van der Waals surface area contributed by atoms with Gasteiger partial charge in [0.25, 0.3) is 5.91 Å². The quantitative estimate of drug-likeness (QED) is 0.818. The average Bonchev–Trinajstić information content (AvgIpc) is 3.20. The number of esters is 1. The molecule has 9 nitrogen and oxygen atoms in total. The summed E-state index contributed by atoms with van der Waals surface area (Å²) in [6.07, 6.45) is -1.10. The number of nitrogens with one attached hydrogen (secondary N) is 1. The lowest BCUT2D eigenvalue weighted by Crippen LogP contribution is -2.41. The van der Waals surface area contributed by atoms with E-state index in [0.29, 0.717) is 17.9 Å². The van der Waals surface area contributed by atoms with Crippen LogP contribution in [0.15, 0.2) is 30.3 Å². The first-order chi connectivity index (χ1) is 12.0. The molecule has 0 spiro atoms. The number of rotatable bonds is 4. The first-order valence-electron chi connectivity index (χ1n) is 7.77. The summed E-state index contributed by atoms with van der Waals surface area (Å²) in [6, 6.07) is 8.62. The number of aromatic nitrogens is 3. The number of imide groups is 1. The van der Waals surface area contributed by atoms with Gasteiger partial charge in [0.05, 0.1) is 11.4 Å². The minimum Gasteiger partial charge on any atom is -0.448 e. The van der Waals surface area contributed by atoms with Gasteiger partial charge in [-0.1, -0.05) is 18.2 Å². The Kier molecular flexibility index (Phi) is 4.46. The van der Waals surface area contributed by atoms with Crippen molar-refractivity contribution in [3.63, 3.8) is 0 Å². The largest absolute Gasteiger partial charge is 0.448 e. The Hall–Kier alpha value is -3.23. The van der Waals surface area contributed by atoms with Gasteiger partial charge in [-0.25, -0.2) is 9.59 Å². The summed E-state index contributed by atoms with van der Waals surface area (Å²) in [4.78, 5) is 38.4. The standard InChI is InChI=1S/C16H17N5O4/c1-10-13(19-21(18-10)12-6-4-3-5-7-12)15(23)25-11(2)14(22)20-9-8-17-16(20)24/h3-7,11H,8-9H2,1-2H3,(H,17,24). The first-order valence-corrected chi connectivity index (χ1v) is 7.77. The molecule has 0 saturated carbocycles. The summed E-state index contributed by atoms with van der Waals surface area (Å²) in [5.41, 5.74) is 1.10. The van der Waals surface area contributed by atoms with Crippen LogP contribution in [0.5, 0.6) is 0 Å². The number of carbonyl (C=O) groups excluding carboxylic acids is 3. The number of aryl methyl sites for hydroxylation is 1. The highest BCUT2D eigenvalue weighted by molar-refractivity contribution is 5.99. The summed E-state index contributed by atoms with van der Waals surface area (Å²) >= 11 is 0. The monoisotopic (exact) mass is 343 g/mol. The Labute approximate surface area is 143 Å². The van der Waals surface area contributed by atoms with Crippen molar-refractivity contribution in [3.05, 3.63) is 41.7 Å². The highest BCUT2D eigenvalue weighted by atomic mass is 16.5. The van der Waals surface area contributed by atoms with Gasteiger partial charge in [0.15, 0.2) is 11.8 Å². The molecule has 25 heavy (non-hydrogen) atoms. The first kappa shape index (κ1) is 16.6. The van der Waals surface area contributed by atoms with Crippen LogP contribution >= 0.6 is 0 Å². The zero-order valence-electron chi connectivity index (χ0n) is 13.8. The smallest absolute Gasteiger partial charge is 0.361 e. The molecule has 0 bridgehead atoms. The number of hydrogen-bond donors (Lipinski definition) is 1. The third-order valence-corrected chi connectivity index (χ3v) is 3.72. The second-order valence-corrected chi connectivity index (χ2v) is 5.53.